The number of para-hydroxylation sites is 1. The Balaban J connectivity index is 1.95. The Morgan fingerprint density at radius 3 is 2.41 bits per heavy atom. The third-order valence-corrected chi connectivity index (χ3v) is 3.58. The molecule has 116 valence electrons. The van der Waals surface area contributed by atoms with E-state index in [1.807, 2.05) is 49.4 Å². The van der Waals surface area contributed by atoms with E-state index in [9.17, 15) is 4.79 Å². The Kier molecular flexibility index (Phi) is 6.16. The molecule has 3 nitrogen and oxygen atoms in total. The van der Waals surface area contributed by atoms with Gasteiger partial charge in [0.2, 0.25) is 5.91 Å². The molecule has 2 rings (SSSR count). The molecular formula is C19H24N2O. The number of carbonyl (C=O) groups is 1. The van der Waals surface area contributed by atoms with Crippen molar-refractivity contribution >= 4 is 11.6 Å². The average Bonchev–Trinajstić information content (AvgIpc) is 2.51. The van der Waals surface area contributed by atoms with Gasteiger partial charge in [-0.25, -0.2) is 0 Å². The summed E-state index contributed by atoms with van der Waals surface area (Å²) >= 11 is 0. The molecule has 1 amide bonds. The van der Waals surface area contributed by atoms with Crippen LogP contribution in [0.5, 0.6) is 0 Å². The van der Waals surface area contributed by atoms with Gasteiger partial charge in [-0.05, 0) is 37.1 Å². The fraction of sp³-hybridized carbons (Fsp3) is 0.316. The third-order valence-electron chi connectivity index (χ3n) is 3.58. The second-order valence-corrected chi connectivity index (χ2v) is 5.56. The smallest absolute Gasteiger partial charge is 0.238 e. The van der Waals surface area contributed by atoms with Crippen LogP contribution in [0, 0.1) is 6.92 Å². The molecule has 0 aliphatic heterocycles. The van der Waals surface area contributed by atoms with Crippen molar-refractivity contribution in [3.05, 3.63) is 65.7 Å². The lowest BCUT2D eigenvalue weighted by Crippen LogP contribution is -2.33. The highest BCUT2D eigenvalue weighted by molar-refractivity contribution is 5.92. The van der Waals surface area contributed by atoms with E-state index in [1.165, 1.54) is 5.56 Å². The number of rotatable bonds is 7. The van der Waals surface area contributed by atoms with Crippen molar-refractivity contribution in [2.75, 3.05) is 18.4 Å². The zero-order valence-corrected chi connectivity index (χ0v) is 13.4. The lowest BCUT2D eigenvalue weighted by molar-refractivity contribution is -0.117. The van der Waals surface area contributed by atoms with Gasteiger partial charge in [-0.2, -0.15) is 0 Å². The van der Waals surface area contributed by atoms with E-state index in [1.54, 1.807) is 0 Å². The SMILES string of the molecule is CCCN(CC(=O)Nc1ccccc1C)Cc1ccccc1. The van der Waals surface area contributed by atoms with Crippen molar-refractivity contribution in [1.29, 1.82) is 0 Å². The minimum absolute atomic E-state index is 0.0404. The minimum atomic E-state index is 0.0404. The van der Waals surface area contributed by atoms with Crippen molar-refractivity contribution in [2.24, 2.45) is 0 Å². The zero-order valence-electron chi connectivity index (χ0n) is 13.4. The zero-order chi connectivity index (χ0) is 15.8. The van der Waals surface area contributed by atoms with Gasteiger partial charge in [0.1, 0.15) is 0 Å². The number of hydrogen-bond acceptors (Lipinski definition) is 2. The first-order chi connectivity index (χ1) is 10.7. The number of nitrogens with zero attached hydrogens (tertiary/aromatic N) is 1. The Bertz CT molecular complexity index is 595. The van der Waals surface area contributed by atoms with Crippen LogP contribution in [-0.4, -0.2) is 23.9 Å². The molecule has 0 unspecified atom stereocenters. The van der Waals surface area contributed by atoms with Crippen molar-refractivity contribution < 1.29 is 4.79 Å². The summed E-state index contributed by atoms with van der Waals surface area (Å²) < 4.78 is 0. The summed E-state index contributed by atoms with van der Waals surface area (Å²) in [5.41, 5.74) is 3.21. The van der Waals surface area contributed by atoms with Gasteiger partial charge in [0.15, 0.2) is 0 Å². The molecule has 0 saturated carbocycles. The van der Waals surface area contributed by atoms with Crippen LogP contribution in [0.4, 0.5) is 5.69 Å². The second kappa shape index (κ2) is 8.35. The van der Waals surface area contributed by atoms with E-state index in [-0.39, 0.29) is 5.91 Å². The highest BCUT2D eigenvalue weighted by Gasteiger charge is 2.11. The fourth-order valence-electron chi connectivity index (χ4n) is 2.48. The number of hydrogen-bond donors (Lipinski definition) is 1. The number of carbonyl (C=O) groups excluding carboxylic acids is 1. The first kappa shape index (κ1) is 16.2. The number of aryl methyl sites for hydroxylation is 1. The topological polar surface area (TPSA) is 32.3 Å². The minimum Gasteiger partial charge on any atom is -0.325 e. The number of anilines is 1. The number of nitrogens with one attached hydrogen (secondary N) is 1. The van der Waals surface area contributed by atoms with Gasteiger partial charge in [0.25, 0.3) is 0 Å². The number of benzene rings is 2. The molecule has 2 aromatic carbocycles. The third kappa shape index (κ3) is 5.01. The van der Waals surface area contributed by atoms with Crippen molar-refractivity contribution in [3.8, 4) is 0 Å². The van der Waals surface area contributed by atoms with E-state index >= 15 is 0 Å². The van der Waals surface area contributed by atoms with E-state index in [0.717, 1.165) is 30.8 Å². The Labute approximate surface area is 133 Å². The molecular weight excluding hydrogens is 272 g/mol. The molecule has 0 aromatic heterocycles. The van der Waals surface area contributed by atoms with Crippen LogP contribution in [0.3, 0.4) is 0 Å². The predicted molar refractivity (Wildman–Crippen MR) is 91.8 cm³/mol. The molecule has 22 heavy (non-hydrogen) atoms. The van der Waals surface area contributed by atoms with Crippen LogP contribution in [-0.2, 0) is 11.3 Å². The van der Waals surface area contributed by atoms with E-state index < -0.39 is 0 Å². The quantitative estimate of drug-likeness (QED) is 0.842. The monoisotopic (exact) mass is 296 g/mol. The lowest BCUT2D eigenvalue weighted by Gasteiger charge is -2.21. The van der Waals surface area contributed by atoms with Gasteiger partial charge in [-0.1, -0.05) is 55.5 Å². The van der Waals surface area contributed by atoms with E-state index in [4.69, 9.17) is 0 Å². The molecule has 0 atom stereocenters. The molecule has 1 N–H and O–H groups in total. The maximum atomic E-state index is 12.3. The van der Waals surface area contributed by atoms with Crippen LogP contribution in [0.15, 0.2) is 54.6 Å². The van der Waals surface area contributed by atoms with E-state index in [2.05, 4.69) is 29.3 Å². The molecule has 3 heteroatoms. The van der Waals surface area contributed by atoms with Gasteiger partial charge in [-0.15, -0.1) is 0 Å². The van der Waals surface area contributed by atoms with Crippen LogP contribution < -0.4 is 5.32 Å². The fourth-order valence-corrected chi connectivity index (χ4v) is 2.48. The average molecular weight is 296 g/mol. The van der Waals surface area contributed by atoms with E-state index in [0.29, 0.717) is 6.54 Å². The summed E-state index contributed by atoms with van der Waals surface area (Å²) in [4.78, 5) is 14.5. The Hall–Kier alpha value is -2.13. The van der Waals surface area contributed by atoms with Crippen LogP contribution in [0.2, 0.25) is 0 Å². The number of amides is 1. The van der Waals surface area contributed by atoms with Crippen molar-refractivity contribution in [3.63, 3.8) is 0 Å². The molecule has 0 radical (unpaired) electrons. The molecule has 0 aliphatic rings. The molecule has 0 heterocycles. The Morgan fingerprint density at radius 2 is 1.73 bits per heavy atom. The van der Waals surface area contributed by atoms with Gasteiger partial charge in [0, 0.05) is 12.2 Å². The highest BCUT2D eigenvalue weighted by atomic mass is 16.2. The molecule has 2 aromatic rings. The molecule has 0 fully saturated rings. The van der Waals surface area contributed by atoms with Gasteiger partial charge in [0.05, 0.1) is 6.54 Å². The first-order valence-corrected chi connectivity index (χ1v) is 7.81. The summed E-state index contributed by atoms with van der Waals surface area (Å²) in [5.74, 6) is 0.0404. The van der Waals surface area contributed by atoms with Gasteiger partial charge < -0.3 is 5.32 Å². The molecule has 0 aliphatic carbocycles. The lowest BCUT2D eigenvalue weighted by atomic mass is 10.2. The maximum absolute atomic E-state index is 12.3. The van der Waals surface area contributed by atoms with Crippen LogP contribution >= 0.6 is 0 Å². The van der Waals surface area contributed by atoms with Crippen molar-refractivity contribution in [1.82, 2.24) is 4.90 Å². The van der Waals surface area contributed by atoms with Crippen LogP contribution in [0.1, 0.15) is 24.5 Å². The maximum Gasteiger partial charge on any atom is 0.238 e. The predicted octanol–water partition coefficient (Wildman–Crippen LogP) is 3.85. The molecule has 0 spiro atoms. The normalized spacial score (nSPS) is 10.7. The molecule has 0 bridgehead atoms. The summed E-state index contributed by atoms with van der Waals surface area (Å²) in [6.45, 7) is 6.27. The Morgan fingerprint density at radius 1 is 1.05 bits per heavy atom. The van der Waals surface area contributed by atoms with Gasteiger partial charge in [-0.3, -0.25) is 9.69 Å². The second-order valence-electron chi connectivity index (χ2n) is 5.56. The first-order valence-electron chi connectivity index (χ1n) is 7.81. The summed E-state index contributed by atoms with van der Waals surface area (Å²) in [6, 6.07) is 18.1. The standard InChI is InChI=1S/C19H24N2O/c1-3-13-21(14-17-10-5-4-6-11-17)15-19(22)20-18-12-8-7-9-16(18)2/h4-12H,3,13-15H2,1-2H3,(H,20,22). The van der Waals surface area contributed by atoms with Crippen molar-refractivity contribution in [2.45, 2.75) is 26.8 Å². The highest BCUT2D eigenvalue weighted by Crippen LogP contribution is 2.13. The molecule has 0 saturated heterocycles. The summed E-state index contributed by atoms with van der Waals surface area (Å²) in [6.07, 6.45) is 1.03. The summed E-state index contributed by atoms with van der Waals surface area (Å²) in [7, 11) is 0. The largest absolute Gasteiger partial charge is 0.325 e. The summed E-state index contributed by atoms with van der Waals surface area (Å²) in [5, 5.41) is 3.00. The van der Waals surface area contributed by atoms with Crippen LogP contribution in [0.25, 0.3) is 0 Å². The van der Waals surface area contributed by atoms with Gasteiger partial charge >= 0.3 is 0 Å².